The average Bonchev–Trinajstić information content (AvgIpc) is 3.23. The zero-order chi connectivity index (χ0) is 20.3. The molecular weight excluding hydrogens is 392 g/mol. The molecule has 3 aromatic rings. The lowest BCUT2D eigenvalue weighted by molar-refractivity contribution is 0.177. The maximum atomic E-state index is 12.9. The summed E-state index contributed by atoms with van der Waals surface area (Å²) in [6, 6.07) is 16.2. The summed E-state index contributed by atoms with van der Waals surface area (Å²) in [6.07, 6.45) is 0. The summed E-state index contributed by atoms with van der Waals surface area (Å²) in [6.45, 7) is 2.61. The van der Waals surface area contributed by atoms with Crippen LogP contribution in [0.4, 0.5) is 0 Å². The molecule has 0 amide bonds. The largest absolute Gasteiger partial charge is 0.497 e. The molecule has 10 heteroatoms. The summed E-state index contributed by atoms with van der Waals surface area (Å²) in [5, 5.41) is 12.0. The van der Waals surface area contributed by atoms with Crippen LogP contribution in [0.5, 0.6) is 5.75 Å². The number of ether oxygens (including phenoxy) is 1. The Morgan fingerprint density at radius 2 is 1.66 bits per heavy atom. The van der Waals surface area contributed by atoms with Gasteiger partial charge in [-0.2, -0.15) is 8.99 Å². The van der Waals surface area contributed by atoms with Gasteiger partial charge < -0.3 is 4.74 Å². The predicted octanol–water partition coefficient (Wildman–Crippen LogP) is 1.18. The van der Waals surface area contributed by atoms with Crippen LogP contribution in [0.15, 0.2) is 59.5 Å². The van der Waals surface area contributed by atoms with Crippen LogP contribution in [0.3, 0.4) is 0 Å². The van der Waals surface area contributed by atoms with Crippen LogP contribution in [0, 0.1) is 0 Å². The number of hydrogen-bond acceptors (Lipinski definition) is 7. The molecule has 1 saturated heterocycles. The lowest BCUT2D eigenvalue weighted by atomic mass is 10.3. The van der Waals surface area contributed by atoms with Crippen molar-refractivity contribution in [1.82, 2.24) is 29.4 Å². The first-order valence-electron chi connectivity index (χ1n) is 9.27. The van der Waals surface area contributed by atoms with Gasteiger partial charge in [-0.1, -0.05) is 18.2 Å². The van der Waals surface area contributed by atoms with Gasteiger partial charge in [0.05, 0.1) is 24.2 Å². The summed E-state index contributed by atoms with van der Waals surface area (Å²) in [5.74, 6) is 1.35. The molecule has 1 aliphatic heterocycles. The van der Waals surface area contributed by atoms with E-state index >= 15 is 0 Å². The summed E-state index contributed by atoms with van der Waals surface area (Å²) < 4.78 is 34.1. The average molecular weight is 414 g/mol. The number of para-hydroxylation sites is 1. The van der Waals surface area contributed by atoms with Crippen LogP contribution in [0.2, 0.25) is 0 Å². The minimum atomic E-state index is -3.52. The smallest absolute Gasteiger partial charge is 0.243 e. The molecule has 1 fully saturated rings. The molecule has 0 unspecified atom stereocenters. The summed E-state index contributed by atoms with van der Waals surface area (Å²) in [5.41, 5.74) is 0.896. The van der Waals surface area contributed by atoms with Gasteiger partial charge in [-0.25, -0.2) is 8.42 Å². The van der Waals surface area contributed by atoms with Crippen LogP contribution < -0.4 is 4.74 Å². The van der Waals surface area contributed by atoms with Crippen LogP contribution in [-0.2, 0) is 16.6 Å². The number of sulfonamides is 1. The number of aromatic nitrogens is 4. The van der Waals surface area contributed by atoms with E-state index in [1.54, 1.807) is 36.1 Å². The van der Waals surface area contributed by atoms with E-state index < -0.39 is 10.0 Å². The van der Waals surface area contributed by atoms with Crippen molar-refractivity contribution in [2.24, 2.45) is 0 Å². The quantitative estimate of drug-likeness (QED) is 0.598. The third-order valence-electron chi connectivity index (χ3n) is 4.93. The Balaban J connectivity index is 1.41. The molecule has 152 valence electrons. The highest BCUT2D eigenvalue weighted by atomic mass is 32.2. The standard InChI is InChI=1S/C19H22N6O3S/c1-28-17-7-9-18(10-8-17)29(26,27)24-13-11-23(12-14-24)15-19-20-21-22-25(19)16-5-3-2-4-6-16/h2-10H,11-15H2,1H3. The lowest BCUT2D eigenvalue weighted by Crippen LogP contribution is -2.48. The molecule has 9 nitrogen and oxygen atoms in total. The van der Waals surface area contributed by atoms with Crippen molar-refractivity contribution in [3.63, 3.8) is 0 Å². The van der Waals surface area contributed by atoms with Crippen molar-refractivity contribution in [1.29, 1.82) is 0 Å². The highest BCUT2D eigenvalue weighted by Gasteiger charge is 2.29. The Hall–Kier alpha value is -2.82. The number of benzene rings is 2. The molecule has 2 heterocycles. The van der Waals surface area contributed by atoms with Crippen molar-refractivity contribution in [3.8, 4) is 11.4 Å². The van der Waals surface area contributed by atoms with Gasteiger partial charge in [0.15, 0.2) is 5.82 Å². The van der Waals surface area contributed by atoms with Crippen molar-refractivity contribution >= 4 is 10.0 Å². The molecule has 1 aromatic heterocycles. The lowest BCUT2D eigenvalue weighted by Gasteiger charge is -2.33. The Morgan fingerprint density at radius 1 is 0.966 bits per heavy atom. The molecule has 0 saturated carbocycles. The monoisotopic (exact) mass is 414 g/mol. The van der Waals surface area contributed by atoms with E-state index in [-0.39, 0.29) is 4.90 Å². The fourth-order valence-corrected chi connectivity index (χ4v) is 4.72. The second-order valence-corrected chi connectivity index (χ2v) is 8.64. The molecule has 4 rings (SSSR count). The van der Waals surface area contributed by atoms with Crippen molar-refractivity contribution in [2.45, 2.75) is 11.4 Å². The van der Waals surface area contributed by atoms with Gasteiger partial charge in [0, 0.05) is 26.2 Å². The zero-order valence-corrected chi connectivity index (χ0v) is 16.9. The van der Waals surface area contributed by atoms with Gasteiger partial charge in [-0.3, -0.25) is 4.90 Å². The number of methoxy groups -OCH3 is 1. The summed E-state index contributed by atoms with van der Waals surface area (Å²) >= 11 is 0. The number of rotatable bonds is 6. The van der Waals surface area contributed by atoms with E-state index in [0.717, 1.165) is 11.5 Å². The highest BCUT2D eigenvalue weighted by molar-refractivity contribution is 7.89. The van der Waals surface area contributed by atoms with E-state index in [9.17, 15) is 8.42 Å². The summed E-state index contributed by atoms with van der Waals surface area (Å²) in [4.78, 5) is 2.44. The van der Waals surface area contributed by atoms with Crippen LogP contribution >= 0.6 is 0 Å². The van der Waals surface area contributed by atoms with Gasteiger partial charge in [-0.15, -0.1) is 5.10 Å². The molecule has 0 radical (unpaired) electrons. The van der Waals surface area contributed by atoms with E-state index in [1.807, 2.05) is 30.3 Å². The van der Waals surface area contributed by atoms with Crippen molar-refractivity contribution in [2.75, 3.05) is 33.3 Å². The SMILES string of the molecule is COc1ccc(S(=O)(=O)N2CCN(Cc3nnnn3-c3ccccc3)CC2)cc1. The van der Waals surface area contributed by atoms with Gasteiger partial charge >= 0.3 is 0 Å². The number of tetrazole rings is 1. The summed E-state index contributed by atoms with van der Waals surface area (Å²) in [7, 11) is -1.97. The molecule has 29 heavy (non-hydrogen) atoms. The molecule has 0 bridgehead atoms. The van der Waals surface area contributed by atoms with Gasteiger partial charge in [0.25, 0.3) is 0 Å². The Labute approximate surface area is 169 Å². The first-order valence-corrected chi connectivity index (χ1v) is 10.7. The number of piperazine rings is 1. The van der Waals surface area contributed by atoms with Gasteiger partial charge in [0.1, 0.15) is 5.75 Å². The van der Waals surface area contributed by atoms with Crippen LogP contribution in [-0.4, -0.2) is 71.1 Å². The zero-order valence-electron chi connectivity index (χ0n) is 16.0. The van der Waals surface area contributed by atoms with Crippen molar-refractivity contribution in [3.05, 3.63) is 60.4 Å². The number of nitrogens with zero attached hydrogens (tertiary/aromatic N) is 6. The Morgan fingerprint density at radius 3 is 2.31 bits per heavy atom. The van der Waals surface area contributed by atoms with Gasteiger partial charge in [0.2, 0.25) is 10.0 Å². The maximum Gasteiger partial charge on any atom is 0.243 e. The van der Waals surface area contributed by atoms with E-state index in [0.29, 0.717) is 38.5 Å². The topological polar surface area (TPSA) is 93.5 Å². The van der Waals surface area contributed by atoms with Crippen LogP contribution in [0.1, 0.15) is 5.82 Å². The van der Waals surface area contributed by atoms with Gasteiger partial charge in [-0.05, 0) is 46.8 Å². The van der Waals surface area contributed by atoms with E-state index in [1.165, 1.54) is 4.31 Å². The molecule has 0 atom stereocenters. The Kier molecular flexibility index (Phi) is 5.56. The first kappa shape index (κ1) is 19.5. The first-order chi connectivity index (χ1) is 14.1. The van der Waals surface area contributed by atoms with Crippen LogP contribution in [0.25, 0.3) is 5.69 Å². The van der Waals surface area contributed by atoms with E-state index in [4.69, 9.17) is 4.74 Å². The molecular formula is C19H22N6O3S. The minimum absolute atomic E-state index is 0.278. The second kappa shape index (κ2) is 8.27. The molecule has 0 spiro atoms. The normalized spacial score (nSPS) is 16.0. The number of hydrogen-bond donors (Lipinski definition) is 0. The fraction of sp³-hybridized carbons (Fsp3) is 0.316. The third kappa shape index (κ3) is 4.14. The minimum Gasteiger partial charge on any atom is -0.497 e. The second-order valence-electron chi connectivity index (χ2n) is 6.70. The third-order valence-corrected chi connectivity index (χ3v) is 6.84. The highest BCUT2D eigenvalue weighted by Crippen LogP contribution is 2.21. The van der Waals surface area contributed by atoms with Crippen molar-refractivity contribution < 1.29 is 13.2 Å². The Bertz CT molecular complexity index is 1050. The maximum absolute atomic E-state index is 12.9. The molecule has 0 aliphatic carbocycles. The predicted molar refractivity (Wildman–Crippen MR) is 106 cm³/mol. The molecule has 2 aromatic carbocycles. The molecule has 1 aliphatic rings. The van der Waals surface area contributed by atoms with E-state index in [2.05, 4.69) is 20.4 Å². The molecule has 0 N–H and O–H groups in total. The fourth-order valence-electron chi connectivity index (χ4n) is 3.30.